The SMILES string of the molecule is COCCN/C(C)=C(/C)C(=O)c1ccccc1OC=O. The standard InChI is InChI=1S/C15H19NO4/c1-11(12(2)16-8-9-19-3)15(18)13-6-4-5-7-14(13)20-10-17/h4-7,10,16H,8-9H2,1-3H3/b12-11-. The molecule has 0 spiro atoms. The molecule has 0 aliphatic heterocycles. The maximum Gasteiger partial charge on any atom is 0.298 e. The van der Waals surface area contributed by atoms with Crippen molar-refractivity contribution < 1.29 is 19.1 Å². The van der Waals surface area contributed by atoms with E-state index in [-0.39, 0.29) is 11.5 Å². The summed E-state index contributed by atoms with van der Waals surface area (Å²) in [7, 11) is 1.62. The molecule has 0 amide bonds. The molecule has 0 saturated carbocycles. The van der Waals surface area contributed by atoms with E-state index in [1.54, 1.807) is 38.3 Å². The quantitative estimate of drug-likeness (QED) is 0.340. The molecule has 0 unspecified atom stereocenters. The van der Waals surface area contributed by atoms with Crippen molar-refractivity contribution in [2.75, 3.05) is 20.3 Å². The van der Waals surface area contributed by atoms with E-state index < -0.39 is 0 Å². The van der Waals surface area contributed by atoms with Gasteiger partial charge in [0.05, 0.1) is 12.2 Å². The zero-order valence-electron chi connectivity index (χ0n) is 11.9. The van der Waals surface area contributed by atoms with Gasteiger partial charge in [-0.15, -0.1) is 0 Å². The molecule has 108 valence electrons. The number of Topliss-reactive ketones (excluding diaryl/α,β-unsaturated/α-hetero) is 1. The maximum absolute atomic E-state index is 12.4. The van der Waals surface area contributed by atoms with Gasteiger partial charge in [-0.2, -0.15) is 0 Å². The van der Waals surface area contributed by atoms with Gasteiger partial charge < -0.3 is 14.8 Å². The number of ketones is 1. The van der Waals surface area contributed by atoms with E-state index in [0.29, 0.717) is 30.8 Å². The van der Waals surface area contributed by atoms with Crippen LogP contribution in [0.1, 0.15) is 24.2 Å². The molecule has 1 rings (SSSR count). The van der Waals surface area contributed by atoms with Gasteiger partial charge in [-0.25, -0.2) is 0 Å². The van der Waals surface area contributed by atoms with Crippen molar-refractivity contribution in [3.8, 4) is 5.75 Å². The van der Waals surface area contributed by atoms with Gasteiger partial charge in [-0.3, -0.25) is 9.59 Å². The molecule has 0 radical (unpaired) electrons. The topological polar surface area (TPSA) is 64.6 Å². The average molecular weight is 277 g/mol. The number of carbonyl (C=O) groups excluding carboxylic acids is 2. The van der Waals surface area contributed by atoms with Crippen LogP contribution in [0.4, 0.5) is 0 Å². The van der Waals surface area contributed by atoms with Crippen LogP contribution in [0.2, 0.25) is 0 Å². The van der Waals surface area contributed by atoms with E-state index in [0.717, 1.165) is 5.70 Å². The number of para-hydroxylation sites is 1. The van der Waals surface area contributed by atoms with Gasteiger partial charge in [-0.05, 0) is 26.0 Å². The Morgan fingerprint density at radius 1 is 1.30 bits per heavy atom. The summed E-state index contributed by atoms with van der Waals surface area (Å²) in [4.78, 5) is 22.8. The van der Waals surface area contributed by atoms with Crippen molar-refractivity contribution in [2.45, 2.75) is 13.8 Å². The first-order valence-electron chi connectivity index (χ1n) is 6.26. The molecule has 0 heterocycles. The van der Waals surface area contributed by atoms with Gasteiger partial charge in [0.25, 0.3) is 6.47 Å². The lowest BCUT2D eigenvalue weighted by Gasteiger charge is -2.11. The van der Waals surface area contributed by atoms with E-state index >= 15 is 0 Å². The molecule has 0 aliphatic rings. The highest BCUT2D eigenvalue weighted by atomic mass is 16.5. The van der Waals surface area contributed by atoms with Crippen LogP contribution >= 0.6 is 0 Å². The van der Waals surface area contributed by atoms with Gasteiger partial charge in [0, 0.05) is 24.9 Å². The first kappa shape index (κ1) is 15.9. The van der Waals surface area contributed by atoms with Crippen LogP contribution < -0.4 is 10.1 Å². The summed E-state index contributed by atoms with van der Waals surface area (Å²) in [5, 5.41) is 3.11. The summed E-state index contributed by atoms with van der Waals surface area (Å²) >= 11 is 0. The predicted molar refractivity (Wildman–Crippen MR) is 75.7 cm³/mol. The molecule has 0 saturated heterocycles. The van der Waals surface area contributed by atoms with Crippen LogP contribution in [-0.2, 0) is 9.53 Å². The Kier molecular flexibility index (Phi) is 6.46. The zero-order chi connectivity index (χ0) is 15.0. The smallest absolute Gasteiger partial charge is 0.298 e. The van der Waals surface area contributed by atoms with E-state index in [1.807, 2.05) is 6.92 Å². The summed E-state index contributed by atoms with van der Waals surface area (Å²) < 4.78 is 9.76. The highest BCUT2D eigenvalue weighted by molar-refractivity contribution is 6.10. The monoisotopic (exact) mass is 277 g/mol. The fourth-order valence-electron chi connectivity index (χ4n) is 1.65. The molecule has 20 heavy (non-hydrogen) atoms. The zero-order valence-corrected chi connectivity index (χ0v) is 11.9. The fourth-order valence-corrected chi connectivity index (χ4v) is 1.65. The lowest BCUT2D eigenvalue weighted by molar-refractivity contribution is -0.120. The van der Waals surface area contributed by atoms with Gasteiger partial charge in [0.15, 0.2) is 5.78 Å². The highest BCUT2D eigenvalue weighted by Crippen LogP contribution is 2.21. The highest BCUT2D eigenvalue weighted by Gasteiger charge is 2.15. The lowest BCUT2D eigenvalue weighted by Crippen LogP contribution is -2.20. The van der Waals surface area contributed by atoms with Crippen LogP contribution in [-0.4, -0.2) is 32.5 Å². The Balaban J connectivity index is 2.93. The number of ether oxygens (including phenoxy) is 2. The molecule has 5 heteroatoms. The van der Waals surface area contributed by atoms with Crippen molar-refractivity contribution in [2.24, 2.45) is 0 Å². The van der Waals surface area contributed by atoms with Gasteiger partial charge in [0.1, 0.15) is 5.75 Å². The lowest BCUT2D eigenvalue weighted by atomic mass is 10.0. The van der Waals surface area contributed by atoms with Gasteiger partial charge in [0.2, 0.25) is 0 Å². The number of rotatable bonds is 8. The molecule has 1 aromatic rings. The summed E-state index contributed by atoms with van der Waals surface area (Å²) in [6.07, 6.45) is 0. The van der Waals surface area contributed by atoms with Crippen LogP contribution in [0, 0.1) is 0 Å². The van der Waals surface area contributed by atoms with E-state index in [2.05, 4.69) is 5.32 Å². The normalized spacial score (nSPS) is 11.6. The number of hydrogen-bond donors (Lipinski definition) is 1. The first-order valence-corrected chi connectivity index (χ1v) is 6.26. The average Bonchev–Trinajstić information content (AvgIpc) is 2.47. The molecule has 0 fully saturated rings. The molecular formula is C15H19NO4. The molecule has 0 bridgehead atoms. The number of hydrogen-bond acceptors (Lipinski definition) is 5. The Morgan fingerprint density at radius 3 is 2.65 bits per heavy atom. The molecule has 0 atom stereocenters. The molecule has 0 aromatic heterocycles. The molecular weight excluding hydrogens is 258 g/mol. The predicted octanol–water partition coefficient (Wildman–Crippen LogP) is 1.93. The second-order valence-electron chi connectivity index (χ2n) is 4.21. The van der Waals surface area contributed by atoms with Crippen molar-refractivity contribution in [1.82, 2.24) is 5.32 Å². The van der Waals surface area contributed by atoms with E-state index in [1.165, 1.54) is 0 Å². The molecule has 1 N–H and O–H groups in total. The third kappa shape index (κ3) is 4.20. The Hall–Kier alpha value is -2.14. The van der Waals surface area contributed by atoms with E-state index in [9.17, 15) is 9.59 Å². The van der Waals surface area contributed by atoms with Crippen molar-refractivity contribution >= 4 is 12.3 Å². The molecule has 1 aromatic carbocycles. The Bertz CT molecular complexity index is 508. The summed E-state index contributed by atoms with van der Waals surface area (Å²) in [5.41, 5.74) is 1.71. The number of benzene rings is 1. The van der Waals surface area contributed by atoms with Crippen molar-refractivity contribution in [3.05, 3.63) is 41.1 Å². The second kappa shape index (κ2) is 8.12. The third-order valence-corrected chi connectivity index (χ3v) is 2.91. The number of carbonyl (C=O) groups is 2. The Morgan fingerprint density at radius 2 is 2.00 bits per heavy atom. The summed E-state index contributed by atoms with van der Waals surface area (Å²) in [5.74, 6) is 0.0846. The van der Waals surface area contributed by atoms with Crippen LogP contribution in [0.25, 0.3) is 0 Å². The van der Waals surface area contributed by atoms with Crippen molar-refractivity contribution in [1.29, 1.82) is 0 Å². The minimum absolute atomic E-state index is 0.176. The summed E-state index contributed by atoms with van der Waals surface area (Å²) in [6, 6.07) is 6.65. The van der Waals surface area contributed by atoms with Crippen LogP contribution in [0.3, 0.4) is 0 Å². The minimum atomic E-state index is -0.176. The summed E-state index contributed by atoms with van der Waals surface area (Å²) in [6.45, 7) is 5.05. The number of allylic oxidation sites excluding steroid dienone is 2. The van der Waals surface area contributed by atoms with Gasteiger partial charge in [-0.1, -0.05) is 12.1 Å². The third-order valence-electron chi connectivity index (χ3n) is 2.91. The molecule has 5 nitrogen and oxygen atoms in total. The van der Waals surface area contributed by atoms with Gasteiger partial charge >= 0.3 is 0 Å². The number of nitrogens with one attached hydrogen (secondary N) is 1. The Labute approximate surface area is 118 Å². The van der Waals surface area contributed by atoms with Crippen LogP contribution in [0.5, 0.6) is 5.75 Å². The van der Waals surface area contributed by atoms with Crippen LogP contribution in [0.15, 0.2) is 35.5 Å². The largest absolute Gasteiger partial charge is 0.428 e. The molecule has 0 aliphatic carbocycles. The fraction of sp³-hybridized carbons (Fsp3) is 0.333. The van der Waals surface area contributed by atoms with Crippen molar-refractivity contribution in [3.63, 3.8) is 0 Å². The van der Waals surface area contributed by atoms with E-state index in [4.69, 9.17) is 9.47 Å². The minimum Gasteiger partial charge on any atom is -0.428 e. The second-order valence-corrected chi connectivity index (χ2v) is 4.21. The number of methoxy groups -OCH3 is 1. The first-order chi connectivity index (χ1) is 9.61. The maximum atomic E-state index is 12.4.